The molecule has 2 rings (SSSR count). The van der Waals surface area contributed by atoms with Crippen LogP contribution in [0, 0.1) is 29.1 Å². The van der Waals surface area contributed by atoms with Gasteiger partial charge >= 0.3 is 6.36 Å². The van der Waals surface area contributed by atoms with E-state index in [0.29, 0.717) is 6.07 Å². The summed E-state index contributed by atoms with van der Waals surface area (Å²) in [5, 5.41) is 0. The number of alkyl halides is 3. The van der Waals surface area contributed by atoms with E-state index in [2.05, 4.69) is 9.47 Å². The van der Waals surface area contributed by atoms with Gasteiger partial charge in [-0.3, -0.25) is 0 Å². The van der Waals surface area contributed by atoms with Crippen LogP contribution in [0.5, 0.6) is 11.5 Å². The van der Waals surface area contributed by atoms with Crippen molar-refractivity contribution in [2.75, 3.05) is 7.11 Å². The van der Waals surface area contributed by atoms with Crippen LogP contribution in [0.2, 0.25) is 0 Å². The molecule has 0 bridgehead atoms. The van der Waals surface area contributed by atoms with Gasteiger partial charge in [-0.25, -0.2) is 22.0 Å². The lowest BCUT2D eigenvalue weighted by Gasteiger charge is -2.17. The molecular weight excluding hydrogens is 352 g/mol. The topological polar surface area (TPSA) is 18.5 Å². The summed E-state index contributed by atoms with van der Waals surface area (Å²) < 4.78 is 113. The first-order valence-electron chi connectivity index (χ1n) is 6.03. The Bertz CT molecular complexity index is 756. The third kappa shape index (κ3) is 3.08. The van der Waals surface area contributed by atoms with Crippen molar-refractivity contribution in [1.82, 2.24) is 0 Å². The summed E-state index contributed by atoms with van der Waals surface area (Å²) in [5.41, 5.74) is -2.66. The number of methoxy groups -OCH3 is 1. The summed E-state index contributed by atoms with van der Waals surface area (Å²) in [6, 6.07) is 2.59. The molecule has 0 spiro atoms. The molecule has 2 nitrogen and oxygen atoms in total. The molecule has 0 aliphatic carbocycles. The Kier molecular flexibility index (Phi) is 4.59. The Morgan fingerprint density at radius 1 is 0.708 bits per heavy atom. The van der Waals surface area contributed by atoms with E-state index in [4.69, 9.17) is 0 Å². The molecule has 0 radical (unpaired) electrons. The van der Waals surface area contributed by atoms with Crippen LogP contribution in [0.3, 0.4) is 0 Å². The Morgan fingerprint density at radius 2 is 1.17 bits per heavy atom. The summed E-state index contributed by atoms with van der Waals surface area (Å²) >= 11 is 0. The fraction of sp³-hybridized carbons (Fsp3) is 0.143. The van der Waals surface area contributed by atoms with E-state index in [9.17, 15) is 35.1 Å². The van der Waals surface area contributed by atoms with Crippen LogP contribution in [-0.4, -0.2) is 13.5 Å². The zero-order valence-electron chi connectivity index (χ0n) is 11.6. The van der Waals surface area contributed by atoms with Crippen molar-refractivity contribution < 1.29 is 44.6 Å². The van der Waals surface area contributed by atoms with E-state index in [0.717, 1.165) is 19.2 Å². The minimum Gasteiger partial charge on any atom is -0.496 e. The average molecular weight is 358 g/mol. The maximum atomic E-state index is 13.9. The van der Waals surface area contributed by atoms with E-state index in [1.807, 2.05) is 0 Å². The second-order valence-corrected chi connectivity index (χ2v) is 4.33. The Morgan fingerprint density at radius 3 is 1.62 bits per heavy atom. The molecule has 0 aromatic heterocycles. The smallest absolute Gasteiger partial charge is 0.496 e. The van der Waals surface area contributed by atoms with Gasteiger partial charge in [0.1, 0.15) is 11.5 Å². The first-order valence-corrected chi connectivity index (χ1v) is 6.03. The molecule has 0 aliphatic rings. The molecule has 0 atom stereocenters. The van der Waals surface area contributed by atoms with E-state index in [1.165, 1.54) is 0 Å². The van der Waals surface area contributed by atoms with Crippen LogP contribution in [-0.2, 0) is 0 Å². The molecule has 0 N–H and O–H groups in total. The molecule has 0 saturated carbocycles. The maximum Gasteiger partial charge on any atom is 0.573 e. The second kappa shape index (κ2) is 6.17. The SMILES string of the molecule is COc1cccc(OC(F)(F)F)c1-c1c(F)c(F)c(F)c(F)c1F. The number of hydrogen-bond donors (Lipinski definition) is 0. The fourth-order valence-electron chi connectivity index (χ4n) is 1.96. The molecule has 0 fully saturated rings. The fourth-order valence-corrected chi connectivity index (χ4v) is 1.96. The lowest BCUT2D eigenvalue weighted by Crippen LogP contribution is -2.18. The molecule has 2 aromatic rings. The van der Waals surface area contributed by atoms with E-state index in [-0.39, 0.29) is 0 Å². The minimum absolute atomic E-state index is 0.583. The normalized spacial score (nSPS) is 11.5. The lowest BCUT2D eigenvalue weighted by atomic mass is 10.0. The van der Waals surface area contributed by atoms with Crippen molar-refractivity contribution >= 4 is 0 Å². The largest absolute Gasteiger partial charge is 0.573 e. The highest BCUT2D eigenvalue weighted by Crippen LogP contribution is 2.44. The van der Waals surface area contributed by atoms with Crippen LogP contribution in [0.4, 0.5) is 35.1 Å². The van der Waals surface area contributed by atoms with Crippen LogP contribution in [0.25, 0.3) is 11.1 Å². The van der Waals surface area contributed by atoms with Crippen LogP contribution < -0.4 is 9.47 Å². The van der Waals surface area contributed by atoms with Crippen LogP contribution in [0.15, 0.2) is 18.2 Å². The Hall–Kier alpha value is -2.52. The number of rotatable bonds is 3. The maximum absolute atomic E-state index is 13.9. The standard InChI is InChI=1S/C14H6F8O2/c1-23-5-3-2-4-6(24-14(20,21)22)7(5)8-9(15)11(17)13(19)12(18)10(8)16/h2-4H,1H3. The summed E-state index contributed by atoms with van der Waals surface area (Å²) in [4.78, 5) is 0. The highest BCUT2D eigenvalue weighted by atomic mass is 19.4. The summed E-state index contributed by atoms with van der Waals surface area (Å²) in [6.07, 6.45) is -5.27. The molecule has 10 heteroatoms. The first kappa shape index (κ1) is 17.8. The predicted molar refractivity (Wildman–Crippen MR) is 64.9 cm³/mol. The third-order valence-corrected chi connectivity index (χ3v) is 2.89. The van der Waals surface area contributed by atoms with Crippen molar-refractivity contribution in [2.24, 2.45) is 0 Å². The third-order valence-electron chi connectivity index (χ3n) is 2.89. The van der Waals surface area contributed by atoms with E-state index >= 15 is 0 Å². The van der Waals surface area contributed by atoms with Gasteiger partial charge < -0.3 is 9.47 Å². The number of hydrogen-bond acceptors (Lipinski definition) is 2. The molecule has 2 aromatic carbocycles. The molecular formula is C14H6F8O2. The highest BCUT2D eigenvalue weighted by molar-refractivity contribution is 5.78. The Balaban J connectivity index is 2.87. The molecule has 0 heterocycles. The summed E-state index contributed by atoms with van der Waals surface area (Å²) in [6.45, 7) is 0. The van der Waals surface area contributed by atoms with E-state index in [1.54, 1.807) is 0 Å². The molecule has 0 aliphatic heterocycles. The van der Waals surface area contributed by atoms with E-state index < -0.39 is 58.1 Å². The number of benzene rings is 2. The van der Waals surface area contributed by atoms with Gasteiger partial charge in [-0.05, 0) is 12.1 Å². The zero-order valence-corrected chi connectivity index (χ0v) is 11.6. The van der Waals surface area contributed by atoms with Crippen molar-refractivity contribution in [3.05, 3.63) is 47.3 Å². The molecule has 130 valence electrons. The average Bonchev–Trinajstić information content (AvgIpc) is 2.51. The molecule has 24 heavy (non-hydrogen) atoms. The summed E-state index contributed by atoms with van der Waals surface area (Å²) in [7, 11) is 0.933. The van der Waals surface area contributed by atoms with Crippen molar-refractivity contribution in [2.45, 2.75) is 6.36 Å². The van der Waals surface area contributed by atoms with Crippen molar-refractivity contribution in [1.29, 1.82) is 0 Å². The van der Waals surface area contributed by atoms with Gasteiger partial charge in [0.05, 0.1) is 18.2 Å². The molecule has 0 unspecified atom stereocenters. The number of ether oxygens (including phenoxy) is 2. The molecule has 0 saturated heterocycles. The van der Waals surface area contributed by atoms with Gasteiger partial charge in [0.15, 0.2) is 23.3 Å². The lowest BCUT2D eigenvalue weighted by molar-refractivity contribution is -0.274. The second-order valence-electron chi connectivity index (χ2n) is 4.33. The predicted octanol–water partition coefficient (Wildman–Crippen LogP) is 4.96. The molecule has 0 amide bonds. The van der Waals surface area contributed by atoms with Gasteiger partial charge in [-0.1, -0.05) is 6.07 Å². The summed E-state index contributed by atoms with van der Waals surface area (Å²) in [5.74, 6) is -13.5. The van der Waals surface area contributed by atoms with Gasteiger partial charge in [0.2, 0.25) is 5.82 Å². The van der Waals surface area contributed by atoms with Gasteiger partial charge in [-0.15, -0.1) is 13.2 Å². The van der Waals surface area contributed by atoms with Gasteiger partial charge in [0, 0.05) is 0 Å². The van der Waals surface area contributed by atoms with Gasteiger partial charge in [0.25, 0.3) is 0 Å². The van der Waals surface area contributed by atoms with Crippen LogP contribution >= 0.6 is 0 Å². The number of halogens is 8. The van der Waals surface area contributed by atoms with Gasteiger partial charge in [-0.2, -0.15) is 0 Å². The zero-order chi connectivity index (χ0) is 18.2. The van der Waals surface area contributed by atoms with Crippen molar-refractivity contribution in [3.8, 4) is 22.6 Å². The van der Waals surface area contributed by atoms with Crippen molar-refractivity contribution in [3.63, 3.8) is 0 Å². The quantitative estimate of drug-likeness (QED) is 0.439. The Labute approximate surface area is 129 Å². The highest BCUT2D eigenvalue weighted by Gasteiger charge is 2.35. The monoisotopic (exact) mass is 358 g/mol. The van der Waals surface area contributed by atoms with Crippen LogP contribution in [0.1, 0.15) is 0 Å². The first-order chi connectivity index (χ1) is 11.1. The minimum atomic E-state index is -5.27.